The third kappa shape index (κ3) is 5.05. The molecule has 4 aromatic heterocycles. The Morgan fingerprint density at radius 1 is 1.05 bits per heavy atom. The number of pyridine rings is 1. The highest BCUT2D eigenvalue weighted by atomic mass is 16.3. The number of hydrogen-bond acceptors (Lipinski definition) is 6. The van der Waals surface area contributed by atoms with Crippen LogP contribution in [-0.2, 0) is 13.6 Å². The van der Waals surface area contributed by atoms with Crippen LogP contribution in [0.5, 0.6) is 0 Å². The molecule has 0 saturated heterocycles. The summed E-state index contributed by atoms with van der Waals surface area (Å²) in [5, 5.41) is 30.5. The third-order valence-electron chi connectivity index (χ3n) is 8.42. The van der Waals surface area contributed by atoms with E-state index in [1.807, 2.05) is 55.3 Å². The van der Waals surface area contributed by atoms with E-state index in [1.165, 1.54) is 5.56 Å². The normalized spacial score (nSPS) is 14.2. The fourth-order valence-electron chi connectivity index (χ4n) is 6.03. The molecule has 44 heavy (non-hydrogen) atoms. The molecule has 0 aliphatic heterocycles. The summed E-state index contributed by atoms with van der Waals surface area (Å²) < 4.78 is 5.57. The summed E-state index contributed by atoms with van der Waals surface area (Å²) in [6.07, 6.45) is 5.26. The Balaban J connectivity index is 1.22. The summed E-state index contributed by atoms with van der Waals surface area (Å²) in [6.45, 7) is 8.76. The van der Waals surface area contributed by atoms with Gasteiger partial charge in [0, 0.05) is 58.6 Å². The number of aromatic nitrogens is 7. The van der Waals surface area contributed by atoms with Crippen LogP contribution in [0.2, 0.25) is 0 Å². The Morgan fingerprint density at radius 3 is 2.55 bits per heavy atom. The summed E-state index contributed by atoms with van der Waals surface area (Å²) in [4.78, 5) is 17.1. The van der Waals surface area contributed by atoms with Crippen LogP contribution in [0.15, 0.2) is 60.9 Å². The van der Waals surface area contributed by atoms with E-state index < -0.39 is 6.10 Å². The minimum atomic E-state index is -0.779. The molecule has 0 bridgehead atoms. The molecule has 1 saturated carbocycles. The molecule has 6 aromatic rings. The number of carbonyl (C=O) groups is 1. The fraction of sp³-hybridized carbons (Fsp3) is 0.324. The van der Waals surface area contributed by atoms with Crippen LogP contribution in [0.4, 0.5) is 0 Å². The molecule has 224 valence electrons. The van der Waals surface area contributed by atoms with Crippen molar-refractivity contribution in [2.45, 2.75) is 65.1 Å². The SMILES string of the molecule is Cc1nc2nn(C)cc2cc1-n1nc(-c2cccc3nn(CC(O)c4ccc(C(=O)NC5CC5)cc4)cc23)c(C(C)C)c1C. The molecule has 1 atom stereocenters. The zero-order valence-corrected chi connectivity index (χ0v) is 25.6. The summed E-state index contributed by atoms with van der Waals surface area (Å²) in [5.41, 5.74) is 8.82. The number of nitrogens with one attached hydrogen (secondary N) is 1. The van der Waals surface area contributed by atoms with Crippen molar-refractivity contribution in [2.24, 2.45) is 7.05 Å². The highest BCUT2D eigenvalue weighted by molar-refractivity contribution is 5.95. The van der Waals surface area contributed by atoms with Crippen LogP contribution in [0.3, 0.4) is 0 Å². The molecule has 1 aliphatic carbocycles. The number of amides is 1. The van der Waals surface area contributed by atoms with E-state index in [9.17, 15) is 9.90 Å². The van der Waals surface area contributed by atoms with Crippen LogP contribution in [0.25, 0.3) is 38.9 Å². The average molecular weight is 589 g/mol. The number of aliphatic hydroxyl groups excluding tert-OH is 1. The Kier molecular flexibility index (Phi) is 6.81. The van der Waals surface area contributed by atoms with Crippen LogP contribution in [0.1, 0.15) is 71.6 Å². The predicted molar refractivity (Wildman–Crippen MR) is 170 cm³/mol. The van der Waals surface area contributed by atoms with Crippen LogP contribution >= 0.6 is 0 Å². The zero-order chi connectivity index (χ0) is 30.7. The second kappa shape index (κ2) is 10.7. The van der Waals surface area contributed by atoms with Crippen molar-refractivity contribution in [2.75, 3.05) is 0 Å². The van der Waals surface area contributed by atoms with E-state index in [2.05, 4.69) is 43.3 Å². The maximum absolute atomic E-state index is 12.4. The Bertz CT molecular complexity index is 2030. The summed E-state index contributed by atoms with van der Waals surface area (Å²) >= 11 is 0. The van der Waals surface area contributed by atoms with Gasteiger partial charge < -0.3 is 10.4 Å². The largest absolute Gasteiger partial charge is 0.386 e. The Labute approximate surface area is 255 Å². The van der Waals surface area contributed by atoms with Gasteiger partial charge in [-0.1, -0.05) is 38.1 Å². The summed E-state index contributed by atoms with van der Waals surface area (Å²) in [7, 11) is 1.90. The molecule has 4 heterocycles. The van der Waals surface area contributed by atoms with E-state index in [0.29, 0.717) is 11.6 Å². The number of nitrogens with zero attached hydrogens (tertiary/aromatic N) is 7. The van der Waals surface area contributed by atoms with Crippen molar-refractivity contribution in [3.63, 3.8) is 0 Å². The molecule has 2 aromatic carbocycles. The van der Waals surface area contributed by atoms with E-state index in [1.54, 1.807) is 21.5 Å². The van der Waals surface area contributed by atoms with Gasteiger partial charge in [-0.2, -0.15) is 15.3 Å². The molecule has 1 fully saturated rings. The maximum atomic E-state index is 12.4. The van der Waals surface area contributed by atoms with Gasteiger partial charge in [0.1, 0.15) is 0 Å². The molecule has 7 rings (SSSR count). The van der Waals surface area contributed by atoms with Crippen LogP contribution in [-0.4, -0.2) is 51.4 Å². The molecule has 1 aliphatic rings. The lowest BCUT2D eigenvalue weighted by atomic mass is 9.95. The van der Waals surface area contributed by atoms with Crippen molar-refractivity contribution in [1.29, 1.82) is 0 Å². The lowest BCUT2D eigenvalue weighted by Crippen LogP contribution is -2.25. The van der Waals surface area contributed by atoms with Crippen molar-refractivity contribution in [3.05, 3.63) is 89.0 Å². The first-order valence-electron chi connectivity index (χ1n) is 15.1. The zero-order valence-electron chi connectivity index (χ0n) is 25.6. The van der Waals surface area contributed by atoms with Gasteiger partial charge in [0.25, 0.3) is 5.91 Å². The molecular weight excluding hydrogens is 552 g/mol. The Morgan fingerprint density at radius 2 is 1.82 bits per heavy atom. The quantitative estimate of drug-likeness (QED) is 0.241. The van der Waals surface area contributed by atoms with Gasteiger partial charge in [0.2, 0.25) is 0 Å². The van der Waals surface area contributed by atoms with Crippen LogP contribution in [0, 0.1) is 13.8 Å². The number of benzene rings is 2. The fourth-order valence-corrected chi connectivity index (χ4v) is 6.03. The summed E-state index contributed by atoms with van der Waals surface area (Å²) in [5.74, 6) is 0.164. The van der Waals surface area contributed by atoms with E-state index in [0.717, 1.165) is 68.7 Å². The monoisotopic (exact) mass is 588 g/mol. The molecule has 1 amide bonds. The molecule has 1 unspecified atom stereocenters. The standard InChI is InChI=1S/C34H36N8O2/c1-19(2)31-21(4)42(29-15-24-16-40(5)39-33(24)35-20(29)3)38-32(31)26-7-6-8-28-27(26)17-41(37-28)18-30(43)22-9-11-23(12-10-22)34(44)36-25-13-14-25/h6-12,15-17,19,25,30,43H,13-14,18H2,1-5H3,(H,36,44). The first kappa shape index (κ1) is 28.0. The molecule has 10 heteroatoms. The topological polar surface area (TPSA) is 116 Å². The number of hydrogen-bond donors (Lipinski definition) is 2. The molecule has 10 nitrogen and oxygen atoms in total. The highest BCUT2D eigenvalue weighted by Gasteiger charge is 2.25. The second-order valence-electron chi connectivity index (χ2n) is 12.2. The van der Waals surface area contributed by atoms with Crippen molar-refractivity contribution < 1.29 is 9.90 Å². The molecular formula is C34H36N8O2. The minimum absolute atomic E-state index is 0.0677. The first-order chi connectivity index (χ1) is 21.2. The molecule has 0 radical (unpaired) electrons. The maximum Gasteiger partial charge on any atom is 0.251 e. The van der Waals surface area contributed by atoms with Crippen LogP contribution < -0.4 is 5.32 Å². The minimum Gasteiger partial charge on any atom is -0.386 e. The first-order valence-corrected chi connectivity index (χ1v) is 15.1. The van der Waals surface area contributed by atoms with Gasteiger partial charge in [0.15, 0.2) is 5.65 Å². The molecule has 0 spiro atoms. The van der Waals surface area contributed by atoms with Gasteiger partial charge in [0.05, 0.1) is 35.2 Å². The van der Waals surface area contributed by atoms with Crippen molar-refractivity contribution in [1.82, 2.24) is 39.6 Å². The van der Waals surface area contributed by atoms with Crippen molar-refractivity contribution >= 4 is 27.8 Å². The van der Waals surface area contributed by atoms with Gasteiger partial charge in [-0.15, -0.1) is 0 Å². The van der Waals surface area contributed by atoms with E-state index in [4.69, 9.17) is 15.2 Å². The Hall–Kier alpha value is -4.83. The number of aryl methyl sites for hydroxylation is 2. The average Bonchev–Trinajstić information content (AvgIpc) is 3.43. The lowest BCUT2D eigenvalue weighted by molar-refractivity contribution is 0.0950. The van der Waals surface area contributed by atoms with Crippen molar-refractivity contribution in [3.8, 4) is 16.9 Å². The van der Waals surface area contributed by atoms with Gasteiger partial charge in [-0.25, -0.2) is 9.67 Å². The predicted octanol–water partition coefficient (Wildman–Crippen LogP) is 5.54. The van der Waals surface area contributed by atoms with Gasteiger partial charge in [-0.05, 0) is 62.4 Å². The summed E-state index contributed by atoms with van der Waals surface area (Å²) in [6, 6.07) is 15.6. The van der Waals surface area contributed by atoms with E-state index >= 15 is 0 Å². The number of carbonyl (C=O) groups excluding carboxylic acids is 1. The third-order valence-corrected chi connectivity index (χ3v) is 8.42. The van der Waals surface area contributed by atoms with Gasteiger partial charge >= 0.3 is 0 Å². The van der Waals surface area contributed by atoms with Gasteiger partial charge in [-0.3, -0.25) is 14.2 Å². The second-order valence-corrected chi connectivity index (χ2v) is 12.2. The number of aliphatic hydroxyl groups is 1. The highest BCUT2D eigenvalue weighted by Crippen LogP contribution is 2.37. The number of fused-ring (bicyclic) bond motifs is 2. The number of rotatable bonds is 8. The lowest BCUT2D eigenvalue weighted by Gasteiger charge is -2.12. The van der Waals surface area contributed by atoms with E-state index in [-0.39, 0.29) is 18.4 Å². The molecule has 2 N–H and O–H groups in total. The smallest absolute Gasteiger partial charge is 0.251 e.